The highest BCUT2D eigenvalue weighted by Crippen LogP contribution is 2.16. The number of halogens is 1. The van der Waals surface area contributed by atoms with Crippen LogP contribution in [0.5, 0.6) is 0 Å². The fraction of sp³-hybridized carbons (Fsp3) is 0.250. The van der Waals surface area contributed by atoms with Gasteiger partial charge in [0.15, 0.2) is 0 Å². The average Bonchev–Trinajstić information content (AvgIpc) is 2.50. The van der Waals surface area contributed by atoms with Crippen molar-refractivity contribution in [3.8, 4) is 0 Å². The second-order valence-electron chi connectivity index (χ2n) is 4.70. The predicted molar refractivity (Wildman–Crippen MR) is 89.7 cm³/mol. The van der Waals surface area contributed by atoms with Gasteiger partial charge >= 0.3 is 0 Å². The number of carbonyl (C=O) groups excluding carboxylic acids is 1. The fourth-order valence-electron chi connectivity index (χ4n) is 1.81. The highest BCUT2D eigenvalue weighted by molar-refractivity contribution is 9.10. The maximum atomic E-state index is 12.2. The van der Waals surface area contributed by atoms with Gasteiger partial charge in [-0.25, -0.2) is 0 Å². The van der Waals surface area contributed by atoms with Crippen molar-refractivity contribution >= 4 is 33.2 Å². The third-order valence-electron chi connectivity index (χ3n) is 2.96. The van der Waals surface area contributed by atoms with E-state index in [-0.39, 0.29) is 5.91 Å². The van der Waals surface area contributed by atoms with Gasteiger partial charge in [0.1, 0.15) is 0 Å². The lowest BCUT2D eigenvalue weighted by atomic mass is 10.2. The number of hydrogen-bond acceptors (Lipinski definition) is 3. The molecule has 1 aromatic carbocycles. The highest BCUT2D eigenvalue weighted by atomic mass is 79.9. The quantitative estimate of drug-likeness (QED) is 0.765. The molecular weight excluding hydrogens is 330 g/mol. The summed E-state index contributed by atoms with van der Waals surface area (Å²) in [6.07, 6.45) is 5.52. The second kappa shape index (κ2) is 7.78. The Bertz CT molecular complexity index is 599. The van der Waals surface area contributed by atoms with Crippen LogP contribution in [-0.4, -0.2) is 17.4 Å². The van der Waals surface area contributed by atoms with Crippen molar-refractivity contribution < 1.29 is 4.79 Å². The zero-order valence-corrected chi connectivity index (χ0v) is 13.5. The molecule has 1 aromatic heterocycles. The monoisotopic (exact) mass is 347 g/mol. The van der Waals surface area contributed by atoms with Gasteiger partial charge < -0.3 is 10.6 Å². The molecule has 1 amide bonds. The van der Waals surface area contributed by atoms with Crippen LogP contribution in [-0.2, 0) is 0 Å². The van der Waals surface area contributed by atoms with Crippen LogP contribution in [0, 0.1) is 0 Å². The fourth-order valence-corrected chi connectivity index (χ4v) is 2.07. The molecule has 0 aliphatic carbocycles. The third-order valence-corrected chi connectivity index (χ3v) is 3.49. The molecule has 0 saturated carbocycles. The van der Waals surface area contributed by atoms with E-state index < -0.39 is 0 Å². The normalized spacial score (nSPS) is 10.2. The molecule has 4 nitrogen and oxygen atoms in total. The molecule has 2 rings (SSSR count). The van der Waals surface area contributed by atoms with Crippen LogP contribution in [0.3, 0.4) is 0 Å². The Morgan fingerprint density at radius 2 is 1.95 bits per heavy atom. The number of rotatable bonds is 6. The Kier molecular flexibility index (Phi) is 5.75. The molecule has 2 aromatic rings. The Balaban J connectivity index is 2.01. The van der Waals surface area contributed by atoms with Gasteiger partial charge in [0.05, 0.1) is 11.3 Å². The van der Waals surface area contributed by atoms with Crippen LogP contribution in [0.2, 0.25) is 0 Å². The molecule has 2 N–H and O–H groups in total. The van der Waals surface area contributed by atoms with Crippen molar-refractivity contribution in [2.75, 3.05) is 17.2 Å². The molecule has 0 aliphatic rings. The minimum atomic E-state index is -0.163. The summed E-state index contributed by atoms with van der Waals surface area (Å²) in [6.45, 7) is 3.03. The molecule has 0 radical (unpaired) electrons. The topological polar surface area (TPSA) is 54.0 Å². The molecule has 1 heterocycles. The summed E-state index contributed by atoms with van der Waals surface area (Å²) < 4.78 is 0.976. The summed E-state index contributed by atoms with van der Waals surface area (Å²) >= 11 is 3.37. The molecular formula is C16H18BrN3O. The first-order valence-corrected chi connectivity index (χ1v) is 7.74. The SMILES string of the molecule is CCCCNc1cncc(C(=O)Nc2ccc(Br)cc2)c1. The van der Waals surface area contributed by atoms with Crippen molar-refractivity contribution in [1.82, 2.24) is 4.98 Å². The zero-order valence-electron chi connectivity index (χ0n) is 11.9. The number of benzene rings is 1. The molecule has 0 bridgehead atoms. The van der Waals surface area contributed by atoms with E-state index in [4.69, 9.17) is 0 Å². The number of nitrogens with one attached hydrogen (secondary N) is 2. The first kappa shape index (κ1) is 15.5. The van der Waals surface area contributed by atoms with Gasteiger partial charge in [-0.2, -0.15) is 0 Å². The number of hydrogen-bond donors (Lipinski definition) is 2. The van der Waals surface area contributed by atoms with E-state index >= 15 is 0 Å². The maximum absolute atomic E-state index is 12.2. The van der Waals surface area contributed by atoms with Crippen LogP contribution in [0.15, 0.2) is 47.2 Å². The van der Waals surface area contributed by atoms with Crippen molar-refractivity contribution in [2.24, 2.45) is 0 Å². The van der Waals surface area contributed by atoms with Crippen molar-refractivity contribution in [3.05, 3.63) is 52.8 Å². The standard InChI is InChI=1S/C16H18BrN3O/c1-2-3-8-19-15-9-12(10-18-11-15)16(21)20-14-6-4-13(17)5-7-14/h4-7,9-11,19H,2-3,8H2,1H3,(H,20,21). The Hall–Kier alpha value is -1.88. The van der Waals surface area contributed by atoms with Crippen LogP contribution in [0.25, 0.3) is 0 Å². The van der Waals surface area contributed by atoms with Gasteiger partial charge in [0.25, 0.3) is 5.91 Å². The van der Waals surface area contributed by atoms with Gasteiger partial charge in [-0.15, -0.1) is 0 Å². The van der Waals surface area contributed by atoms with E-state index in [1.54, 1.807) is 12.4 Å². The minimum Gasteiger partial charge on any atom is -0.384 e. The van der Waals surface area contributed by atoms with E-state index in [0.717, 1.165) is 35.2 Å². The summed E-state index contributed by atoms with van der Waals surface area (Å²) in [4.78, 5) is 16.3. The largest absolute Gasteiger partial charge is 0.384 e. The summed E-state index contributed by atoms with van der Waals surface area (Å²) in [5, 5.41) is 6.12. The summed E-state index contributed by atoms with van der Waals surface area (Å²) in [6, 6.07) is 9.28. The van der Waals surface area contributed by atoms with Crippen molar-refractivity contribution in [3.63, 3.8) is 0 Å². The number of unbranched alkanes of at least 4 members (excludes halogenated alkanes) is 1. The lowest BCUT2D eigenvalue weighted by molar-refractivity contribution is 0.102. The van der Waals surface area contributed by atoms with Gasteiger partial charge in [-0.1, -0.05) is 29.3 Å². The van der Waals surface area contributed by atoms with Crippen LogP contribution in [0.1, 0.15) is 30.1 Å². The Labute approximate surface area is 133 Å². The van der Waals surface area contributed by atoms with Crippen molar-refractivity contribution in [1.29, 1.82) is 0 Å². The number of anilines is 2. The van der Waals surface area contributed by atoms with Gasteiger partial charge in [-0.05, 0) is 36.8 Å². The van der Waals surface area contributed by atoms with E-state index in [9.17, 15) is 4.79 Å². The van der Waals surface area contributed by atoms with E-state index in [2.05, 4.69) is 38.5 Å². The molecule has 0 unspecified atom stereocenters. The molecule has 0 spiro atoms. The average molecular weight is 348 g/mol. The second-order valence-corrected chi connectivity index (χ2v) is 5.62. The summed E-state index contributed by atoms with van der Waals surface area (Å²) in [7, 11) is 0. The molecule has 21 heavy (non-hydrogen) atoms. The molecule has 0 saturated heterocycles. The predicted octanol–water partition coefficient (Wildman–Crippen LogP) is 4.31. The Morgan fingerprint density at radius 3 is 2.67 bits per heavy atom. The number of pyridine rings is 1. The first-order chi connectivity index (χ1) is 10.2. The van der Waals surface area contributed by atoms with E-state index in [1.807, 2.05) is 30.3 Å². The lowest BCUT2D eigenvalue weighted by Gasteiger charge is -2.08. The lowest BCUT2D eigenvalue weighted by Crippen LogP contribution is -2.13. The van der Waals surface area contributed by atoms with Gasteiger partial charge in [-0.3, -0.25) is 9.78 Å². The van der Waals surface area contributed by atoms with E-state index in [1.165, 1.54) is 0 Å². The van der Waals surface area contributed by atoms with E-state index in [0.29, 0.717) is 5.56 Å². The number of carbonyl (C=O) groups is 1. The summed E-state index contributed by atoms with van der Waals surface area (Å²) in [5.41, 5.74) is 2.17. The molecule has 0 aliphatic heterocycles. The van der Waals surface area contributed by atoms with Gasteiger partial charge in [0.2, 0.25) is 0 Å². The molecule has 5 heteroatoms. The first-order valence-electron chi connectivity index (χ1n) is 6.95. The molecule has 0 fully saturated rings. The number of amides is 1. The Morgan fingerprint density at radius 1 is 1.19 bits per heavy atom. The van der Waals surface area contributed by atoms with Gasteiger partial charge in [0, 0.05) is 29.1 Å². The van der Waals surface area contributed by atoms with Crippen LogP contribution in [0.4, 0.5) is 11.4 Å². The van der Waals surface area contributed by atoms with Crippen LogP contribution >= 0.6 is 15.9 Å². The summed E-state index contributed by atoms with van der Waals surface area (Å²) in [5.74, 6) is -0.163. The third kappa shape index (κ3) is 4.86. The smallest absolute Gasteiger partial charge is 0.257 e. The maximum Gasteiger partial charge on any atom is 0.257 e. The zero-order chi connectivity index (χ0) is 15.1. The van der Waals surface area contributed by atoms with Crippen molar-refractivity contribution in [2.45, 2.75) is 19.8 Å². The highest BCUT2D eigenvalue weighted by Gasteiger charge is 2.07. The minimum absolute atomic E-state index is 0.163. The number of nitrogens with zero attached hydrogens (tertiary/aromatic N) is 1. The van der Waals surface area contributed by atoms with Crippen LogP contribution < -0.4 is 10.6 Å². The molecule has 0 atom stereocenters. The number of aromatic nitrogens is 1. The molecule has 110 valence electrons.